The lowest BCUT2D eigenvalue weighted by Gasteiger charge is -2.19. The highest BCUT2D eigenvalue weighted by Gasteiger charge is 2.15. The Morgan fingerprint density at radius 3 is 2.75 bits per heavy atom. The number of ether oxygens (including phenoxy) is 3. The topological polar surface area (TPSA) is 83.9 Å². The number of rotatable bonds is 6. The van der Waals surface area contributed by atoms with E-state index in [0.717, 1.165) is 51.1 Å². The number of hydrogen-bond acceptors (Lipinski definition) is 6. The molecule has 5 rings (SSSR count). The summed E-state index contributed by atoms with van der Waals surface area (Å²) in [6, 6.07) is 18.0. The molecule has 2 aromatic heterocycles. The van der Waals surface area contributed by atoms with Gasteiger partial charge in [0.1, 0.15) is 25.6 Å². The average Bonchev–Trinajstić information content (AvgIpc) is 3.20. The van der Waals surface area contributed by atoms with E-state index in [1.807, 2.05) is 60.0 Å². The monoisotopic (exact) mass is 428 g/mol. The Morgan fingerprint density at radius 1 is 1.09 bits per heavy atom. The fraction of sp³-hybridized carbons (Fsp3) is 0.200. The Labute approximate surface area is 186 Å². The molecule has 2 N–H and O–H groups in total. The Balaban J connectivity index is 1.42. The van der Waals surface area contributed by atoms with Crippen molar-refractivity contribution >= 4 is 5.65 Å². The van der Waals surface area contributed by atoms with Crippen molar-refractivity contribution in [1.82, 2.24) is 14.6 Å². The zero-order chi connectivity index (χ0) is 22.1. The molecule has 1 aliphatic heterocycles. The molecule has 162 valence electrons. The lowest BCUT2D eigenvalue weighted by Crippen LogP contribution is -2.15. The number of aryl methyl sites for hydroxylation is 1. The summed E-state index contributed by atoms with van der Waals surface area (Å²) in [6.45, 7) is 7.10. The largest absolute Gasteiger partial charge is 0.487 e. The van der Waals surface area contributed by atoms with Crippen LogP contribution in [0.25, 0.3) is 16.9 Å². The standard InChI is InChI=1S/C25H24N4O3/c1-16-12-18(6-8-21(16)32-15-17(2)26)13-24-27-25-5-3-4-20(29(25)28-24)19-7-9-22-23(14-19)31-11-10-30-22/h3-9,12,14H,2,10-11,13,15,26H2,1H3. The van der Waals surface area contributed by atoms with E-state index in [-0.39, 0.29) is 0 Å². The highest BCUT2D eigenvalue weighted by atomic mass is 16.6. The van der Waals surface area contributed by atoms with Gasteiger partial charge in [0.2, 0.25) is 0 Å². The summed E-state index contributed by atoms with van der Waals surface area (Å²) in [7, 11) is 0. The molecule has 0 unspecified atom stereocenters. The van der Waals surface area contributed by atoms with Gasteiger partial charge in [-0.1, -0.05) is 24.8 Å². The van der Waals surface area contributed by atoms with Crippen LogP contribution >= 0.6 is 0 Å². The highest BCUT2D eigenvalue weighted by Crippen LogP contribution is 2.34. The van der Waals surface area contributed by atoms with Gasteiger partial charge in [-0.25, -0.2) is 9.50 Å². The van der Waals surface area contributed by atoms with Crippen LogP contribution in [0.15, 0.2) is 66.9 Å². The van der Waals surface area contributed by atoms with Crippen LogP contribution in [-0.4, -0.2) is 34.4 Å². The second kappa shape index (κ2) is 8.26. The van der Waals surface area contributed by atoms with E-state index in [2.05, 4.69) is 12.6 Å². The number of aromatic nitrogens is 3. The molecule has 32 heavy (non-hydrogen) atoms. The van der Waals surface area contributed by atoms with Gasteiger partial charge in [0, 0.05) is 17.7 Å². The van der Waals surface area contributed by atoms with Crippen molar-refractivity contribution in [3.63, 3.8) is 0 Å². The Morgan fingerprint density at radius 2 is 1.94 bits per heavy atom. The van der Waals surface area contributed by atoms with Crippen LogP contribution in [0.2, 0.25) is 0 Å². The van der Waals surface area contributed by atoms with Crippen LogP contribution in [0.1, 0.15) is 17.0 Å². The van der Waals surface area contributed by atoms with Crippen LogP contribution in [-0.2, 0) is 6.42 Å². The molecule has 1 aliphatic rings. The van der Waals surface area contributed by atoms with Gasteiger partial charge in [-0.05, 0) is 54.4 Å². The van der Waals surface area contributed by atoms with Gasteiger partial charge in [-0.2, -0.15) is 5.10 Å². The predicted octanol–water partition coefficient (Wildman–Crippen LogP) is 3.92. The molecule has 0 saturated heterocycles. The summed E-state index contributed by atoms with van der Waals surface area (Å²) >= 11 is 0. The number of nitrogens with zero attached hydrogens (tertiary/aromatic N) is 3. The van der Waals surface area contributed by atoms with E-state index >= 15 is 0 Å². The number of benzene rings is 2. The van der Waals surface area contributed by atoms with Gasteiger partial charge < -0.3 is 19.9 Å². The van der Waals surface area contributed by atoms with Crippen molar-refractivity contribution in [3.8, 4) is 28.5 Å². The molecule has 0 radical (unpaired) electrons. The highest BCUT2D eigenvalue weighted by molar-refractivity contribution is 5.66. The first kappa shape index (κ1) is 19.9. The van der Waals surface area contributed by atoms with Gasteiger partial charge in [0.25, 0.3) is 0 Å². The molecule has 2 aromatic carbocycles. The molecule has 7 nitrogen and oxygen atoms in total. The van der Waals surface area contributed by atoms with E-state index in [0.29, 0.717) is 31.9 Å². The van der Waals surface area contributed by atoms with E-state index in [1.54, 1.807) is 0 Å². The summed E-state index contributed by atoms with van der Waals surface area (Å²) in [5.41, 5.74) is 11.0. The van der Waals surface area contributed by atoms with Crippen LogP contribution in [0.3, 0.4) is 0 Å². The Bertz CT molecular complexity index is 1310. The molecule has 0 fully saturated rings. The number of nitrogens with two attached hydrogens (primary N) is 1. The normalized spacial score (nSPS) is 12.7. The van der Waals surface area contributed by atoms with Crippen molar-refractivity contribution in [2.24, 2.45) is 5.73 Å². The molecule has 7 heteroatoms. The van der Waals surface area contributed by atoms with Crippen LogP contribution in [0.5, 0.6) is 17.2 Å². The van der Waals surface area contributed by atoms with Crippen LogP contribution in [0, 0.1) is 6.92 Å². The van der Waals surface area contributed by atoms with Crippen molar-refractivity contribution in [3.05, 3.63) is 83.8 Å². The Kier molecular flexibility index (Phi) is 5.15. The molecular formula is C25H24N4O3. The summed E-state index contributed by atoms with van der Waals surface area (Å²) in [5, 5.41) is 4.78. The molecule has 4 aromatic rings. The van der Waals surface area contributed by atoms with Gasteiger partial charge in [0.15, 0.2) is 23.0 Å². The maximum absolute atomic E-state index is 5.74. The number of hydrogen-bond donors (Lipinski definition) is 1. The molecule has 0 amide bonds. The van der Waals surface area contributed by atoms with Gasteiger partial charge >= 0.3 is 0 Å². The first-order valence-corrected chi connectivity index (χ1v) is 10.5. The SMILES string of the molecule is C=C(N)COc1ccc(Cc2nc3cccc(-c4ccc5c(c4)OCCO5)n3n2)cc1C. The van der Waals surface area contributed by atoms with Gasteiger partial charge in [-0.3, -0.25) is 0 Å². The van der Waals surface area contributed by atoms with Crippen LogP contribution in [0.4, 0.5) is 0 Å². The van der Waals surface area contributed by atoms with Gasteiger partial charge in [0.05, 0.1) is 5.69 Å². The lowest BCUT2D eigenvalue weighted by atomic mass is 10.1. The average molecular weight is 428 g/mol. The summed E-state index contributed by atoms with van der Waals surface area (Å²) in [4.78, 5) is 4.73. The molecule has 0 bridgehead atoms. The zero-order valence-corrected chi connectivity index (χ0v) is 17.9. The second-order valence-corrected chi connectivity index (χ2v) is 7.79. The number of pyridine rings is 1. The Hall–Kier alpha value is -4.00. The minimum atomic E-state index is 0.302. The first-order chi connectivity index (χ1) is 15.6. The van der Waals surface area contributed by atoms with Crippen molar-refractivity contribution in [2.45, 2.75) is 13.3 Å². The minimum absolute atomic E-state index is 0.302. The minimum Gasteiger partial charge on any atom is -0.487 e. The molecule has 0 atom stereocenters. The third kappa shape index (κ3) is 3.97. The summed E-state index contributed by atoms with van der Waals surface area (Å²) < 4.78 is 18.9. The predicted molar refractivity (Wildman–Crippen MR) is 122 cm³/mol. The third-order valence-corrected chi connectivity index (χ3v) is 5.26. The fourth-order valence-electron chi connectivity index (χ4n) is 3.78. The second-order valence-electron chi connectivity index (χ2n) is 7.79. The smallest absolute Gasteiger partial charge is 0.162 e. The van der Waals surface area contributed by atoms with E-state index in [9.17, 15) is 0 Å². The maximum atomic E-state index is 5.74. The fourth-order valence-corrected chi connectivity index (χ4v) is 3.78. The molecular weight excluding hydrogens is 404 g/mol. The maximum Gasteiger partial charge on any atom is 0.162 e. The molecule has 0 spiro atoms. The van der Waals surface area contributed by atoms with Crippen molar-refractivity contribution < 1.29 is 14.2 Å². The molecule has 0 saturated carbocycles. The first-order valence-electron chi connectivity index (χ1n) is 10.5. The van der Waals surface area contributed by atoms with E-state index < -0.39 is 0 Å². The number of fused-ring (bicyclic) bond motifs is 2. The van der Waals surface area contributed by atoms with Gasteiger partial charge in [-0.15, -0.1) is 0 Å². The summed E-state index contributed by atoms with van der Waals surface area (Å²) in [5.74, 6) is 3.06. The third-order valence-electron chi connectivity index (χ3n) is 5.26. The van der Waals surface area contributed by atoms with Crippen molar-refractivity contribution in [1.29, 1.82) is 0 Å². The van der Waals surface area contributed by atoms with E-state index in [4.69, 9.17) is 30.0 Å². The molecule has 3 heterocycles. The zero-order valence-electron chi connectivity index (χ0n) is 17.9. The van der Waals surface area contributed by atoms with Crippen molar-refractivity contribution in [2.75, 3.05) is 19.8 Å². The quantitative estimate of drug-likeness (QED) is 0.501. The van der Waals surface area contributed by atoms with E-state index in [1.165, 1.54) is 0 Å². The summed E-state index contributed by atoms with van der Waals surface area (Å²) in [6.07, 6.45) is 0.618. The van der Waals surface area contributed by atoms with Crippen LogP contribution < -0.4 is 19.9 Å². The lowest BCUT2D eigenvalue weighted by molar-refractivity contribution is 0.171. The molecule has 0 aliphatic carbocycles.